The molecule has 0 unspecified atom stereocenters. The van der Waals surface area contributed by atoms with E-state index in [1.165, 1.54) is 0 Å². The standard InChI is InChI=1S/C23H29N7O2/c1-4-28-12-14-29(15-13-28)20-9-7-6-8-19(20)25-23(31)18-16-24-30(17(18)3)21-10-11-22(27-26-21)32-5-2/h6-11,16H,4-5,12-15H2,1-3H3,(H,25,31). The average molecular weight is 436 g/mol. The molecule has 1 saturated heterocycles. The predicted octanol–water partition coefficient (Wildman–Crippen LogP) is 2.76. The number of nitrogens with zero attached hydrogens (tertiary/aromatic N) is 6. The molecular formula is C23H29N7O2. The lowest BCUT2D eigenvalue weighted by Gasteiger charge is -2.36. The number of carbonyl (C=O) groups is 1. The van der Waals surface area contributed by atoms with E-state index >= 15 is 0 Å². The van der Waals surface area contributed by atoms with Crippen LogP contribution in [0.25, 0.3) is 5.82 Å². The Morgan fingerprint density at radius 2 is 1.84 bits per heavy atom. The second-order valence-electron chi connectivity index (χ2n) is 7.61. The third-order valence-electron chi connectivity index (χ3n) is 5.70. The molecule has 0 radical (unpaired) electrons. The van der Waals surface area contributed by atoms with Crippen LogP contribution in [0.4, 0.5) is 11.4 Å². The highest BCUT2D eigenvalue weighted by atomic mass is 16.5. The van der Waals surface area contributed by atoms with Crippen molar-refractivity contribution in [3.05, 3.63) is 53.9 Å². The number of aromatic nitrogens is 4. The van der Waals surface area contributed by atoms with Crippen LogP contribution in [0.15, 0.2) is 42.6 Å². The van der Waals surface area contributed by atoms with E-state index in [4.69, 9.17) is 4.74 Å². The molecule has 168 valence electrons. The van der Waals surface area contributed by atoms with Crippen molar-refractivity contribution in [2.45, 2.75) is 20.8 Å². The molecule has 3 heterocycles. The van der Waals surface area contributed by atoms with Gasteiger partial charge in [0.25, 0.3) is 5.91 Å². The highest BCUT2D eigenvalue weighted by Gasteiger charge is 2.21. The largest absolute Gasteiger partial charge is 0.477 e. The van der Waals surface area contributed by atoms with Crippen LogP contribution >= 0.6 is 0 Å². The quantitative estimate of drug-likeness (QED) is 0.610. The Morgan fingerprint density at radius 1 is 1.06 bits per heavy atom. The van der Waals surface area contributed by atoms with Crippen LogP contribution in [-0.4, -0.2) is 70.1 Å². The third kappa shape index (κ3) is 4.57. The first kappa shape index (κ1) is 21.8. The minimum absolute atomic E-state index is 0.202. The first-order valence-electron chi connectivity index (χ1n) is 11.0. The molecule has 1 aliphatic rings. The maximum absolute atomic E-state index is 13.1. The van der Waals surface area contributed by atoms with Gasteiger partial charge in [0.1, 0.15) is 0 Å². The topological polar surface area (TPSA) is 88.4 Å². The zero-order valence-corrected chi connectivity index (χ0v) is 18.8. The smallest absolute Gasteiger partial charge is 0.259 e. The number of piperazine rings is 1. The van der Waals surface area contributed by atoms with Gasteiger partial charge in [-0.1, -0.05) is 19.1 Å². The number of rotatable bonds is 7. The number of benzene rings is 1. The number of nitrogens with one attached hydrogen (secondary N) is 1. The zero-order valence-electron chi connectivity index (χ0n) is 18.8. The third-order valence-corrected chi connectivity index (χ3v) is 5.70. The van der Waals surface area contributed by atoms with Crippen molar-refractivity contribution in [3.63, 3.8) is 0 Å². The van der Waals surface area contributed by atoms with Gasteiger partial charge in [-0.05, 0) is 38.6 Å². The lowest BCUT2D eigenvalue weighted by Crippen LogP contribution is -2.46. The number of ether oxygens (including phenoxy) is 1. The van der Waals surface area contributed by atoms with Crippen LogP contribution in [0, 0.1) is 6.92 Å². The molecule has 9 heteroatoms. The molecular weight excluding hydrogens is 406 g/mol. The van der Waals surface area contributed by atoms with E-state index in [9.17, 15) is 4.79 Å². The van der Waals surface area contributed by atoms with Crippen molar-refractivity contribution in [1.29, 1.82) is 0 Å². The summed E-state index contributed by atoms with van der Waals surface area (Å²) >= 11 is 0. The van der Waals surface area contributed by atoms with E-state index in [0.29, 0.717) is 29.6 Å². The fourth-order valence-electron chi connectivity index (χ4n) is 3.86. The van der Waals surface area contributed by atoms with Gasteiger partial charge in [-0.25, -0.2) is 4.68 Å². The van der Waals surface area contributed by atoms with E-state index in [1.807, 2.05) is 32.0 Å². The molecule has 3 aromatic rings. The number of hydrogen-bond donors (Lipinski definition) is 1. The first-order valence-corrected chi connectivity index (χ1v) is 11.0. The van der Waals surface area contributed by atoms with Crippen molar-refractivity contribution in [3.8, 4) is 11.7 Å². The maximum atomic E-state index is 13.1. The number of hydrogen-bond acceptors (Lipinski definition) is 7. The van der Waals surface area contributed by atoms with Crippen LogP contribution < -0.4 is 15.0 Å². The van der Waals surface area contributed by atoms with E-state index in [1.54, 1.807) is 23.0 Å². The van der Waals surface area contributed by atoms with Gasteiger partial charge in [0, 0.05) is 32.2 Å². The minimum atomic E-state index is -0.202. The maximum Gasteiger partial charge on any atom is 0.259 e. The Labute approximate surface area is 188 Å². The van der Waals surface area contributed by atoms with Crippen LogP contribution in [0.2, 0.25) is 0 Å². The molecule has 4 rings (SSSR count). The Morgan fingerprint density at radius 3 is 2.53 bits per heavy atom. The molecule has 0 saturated carbocycles. The number of carbonyl (C=O) groups excluding carboxylic acids is 1. The van der Waals surface area contributed by atoms with E-state index in [0.717, 1.165) is 44.1 Å². The molecule has 2 aromatic heterocycles. The fraction of sp³-hybridized carbons (Fsp3) is 0.391. The van der Waals surface area contributed by atoms with Gasteiger partial charge in [-0.15, -0.1) is 10.2 Å². The summed E-state index contributed by atoms with van der Waals surface area (Å²) in [5.41, 5.74) is 3.02. The van der Waals surface area contributed by atoms with Crippen LogP contribution in [0.1, 0.15) is 29.9 Å². The minimum Gasteiger partial charge on any atom is -0.477 e. The van der Waals surface area contributed by atoms with Crippen LogP contribution in [0.3, 0.4) is 0 Å². The highest BCUT2D eigenvalue weighted by Crippen LogP contribution is 2.27. The number of likely N-dealkylation sites (N-methyl/N-ethyl adjacent to an activating group) is 1. The van der Waals surface area contributed by atoms with Gasteiger partial charge in [-0.2, -0.15) is 5.10 Å². The van der Waals surface area contributed by atoms with Crippen LogP contribution in [-0.2, 0) is 0 Å². The summed E-state index contributed by atoms with van der Waals surface area (Å²) in [4.78, 5) is 17.9. The van der Waals surface area contributed by atoms with Gasteiger partial charge in [0.05, 0.1) is 35.4 Å². The molecule has 0 atom stereocenters. The lowest BCUT2D eigenvalue weighted by molar-refractivity contribution is 0.102. The Hall–Kier alpha value is -3.46. The van der Waals surface area contributed by atoms with E-state index in [-0.39, 0.29) is 5.91 Å². The molecule has 0 aliphatic carbocycles. The van der Waals surface area contributed by atoms with Gasteiger partial charge < -0.3 is 19.9 Å². The summed E-state index contributed by atoms with van der Waals surface area (Å²) in [6.45, 7) is 11.4. The van der Waals surface area contributed by atoms with E-state index < -0.39 is 0 Å². The normalized spacial score (nSPS) is 14.4. The second kappa shape index (κ2) is 9.78. The lowest BCUT2D eigenvalue weighted by atomic mass is 10.2. The average Bonchev–Trinajstić information content (AvgIpc) is 3.21. The zero-order chi connectivity index (χ0) is 22.5. The monoisotopic (exact) mass is 435 g/mol. The molecule has 9 nitrogen and oxygen atoms in total. The Balaban J connectivity index is 1.51. The summed E-state index contributed by atoms with van der Waals surface area (Å²) in [5.74, 6) is 0.780. The molecule has 0 bridgehead atoms. The van der Waals surface area contributed by atoms with Gasteiger partial charge >= 0.3 is 0 Å². The molecule has 1 aromatic carbocycles. The first-order chi connectivity index (χ1) is 15.6. The van der Waals surface area contributed by atoms with E-state index in [2.05, 4.69) is 43.4 Å². The van der Waals surface area contributed by atoms with Crippen molar-refractivity contribution in [2.24, 2.45) is 0 Å². The summed E-state index contributed by atoms with van der Waals surface area (Å²) in [5, 5.41) is 15.6. The van der Waals surface area contributed by atoms with Gasteiger partial charge in [0.2, 0.25) is 5.88 Å². The predicted molar refractivity (Wildman–Crippen MR) is 124 cm³/mol. The van der Waals surface area contributed by atoms with Crippen molar-refractivity contribution < 1.29 is 9.53 Å². The summed E-state index contributed by atoms with van der Waals surface area (Å²) < 4.78 is 6.94. The summed E-state index contributed by atoms with van der Waals surface area (Å²) in [6.07, 6.45) is 1.56. The number of amides is 1. The molecule has 1 fully saturated rings. The van der Waals surface area contributed by atoms with Crippen molar-refractivity contribution in [2.75, 3.05) is 49.5 Å². The molecule has 1 N–H and O–H groups in total. The highest BCUT2D eigenvalue weighted by molar-refractivity contribution is 6.06. The second-order valence-corrected chi connectivity index (χ2v) is 7.61. The number of anilines is 2. The van der Waals surface area contributed by atoms with Gasteiger partial charge in [0.15, 0.2) is 5.82 Å². The van der Waals surface area contributed by atoms with Gasteiger partial charge in [-0.3, -0.25) is 4.79 Å². The Kier molecular flexibility index (Phi) is 6.65. The summed E-state index contributed by atoms with van der Waals surface area (Å²) in [6, 6.07) is 11.4. The molecule has 0 spiro atoms. The molecule has 1 aliphatic heterocycles. The molecule has 32 heavy (non-hydrogen) atoms. The number of para-hydroxylation sites is 2. The van der Waals surface area contributed by atoms with Crippen LogP contribution in [0.5, 0.6) is 5.88 Å². The Bertz CT molecular complexity index is 1060. The van der Waals surface area contributed by atoms with Crippen molar-refractivity contribution in [1.82, 2.24) is 24.9 Å². The fourth-order valence-corrected chi connectivity index (χ4v) is 3.86. The SMILES string of the molecule is CCOc1ccc(-n2ncc(C(=O)Nc3ccccc3N3CCN(CC)CC3)c2C)nn1. The summed E-state index contributed by atoms with van der Waals surface area (Å²) in [7, 11) is 0. The molecule has 1 amide bonds. The van der Waals surface area contributed by atoms with Crippen molar-refractivity contribution >= 4 is 17.3 Å².